The van der Waals surface area contributed by atoms with Gasteiger partial charge in [-0.1, -0.05) is 26.8 Å². The van der Waals surface area contributed by atoms with E-state index in [0.29, 0.717) is 6.04 Å². The number of carbonyl (C=O) groups is 1. The van der Waals surface area contributed by atoms with Crippen molar-refractivity contribution in [3.8, 4) is 0 Å². The van der Waals surface area contributed by atoms with Gasteiger partial charge in [0.25, 0.3) is 0 Å². The van der Waals surface area contributed by atoms with Crippen LogP contribution in [0.5, 0.6) is 0 Å². The number of rotatable bonds is 1. The topological polar surface area (TPSA) is 20.3 Å². The first-order valence-corrected chi connectivity index (χ1v) is 7.87. The Labute approximate surface area is 129 Å². The Bertz CT molecular complexity index is 516. The van der Waals surface area contributed by atoms with Crippen molar-refractivity contribution in [1.82, 2.24) is 4.90 Å². The number of hydrogen-bond acceptors (Lipinski definition) is 2. The molecule has 2 rings (SSSR count). The van der Waals surface area contributed by atoms with Gasteiger partial charge in [0.15, 0.2) is 0 Å². The van der Waals surface area contributed by atoms with E-state index in [1.54, 1.807) is 0 Å². The third kappa shape index (κ3) is 2.87. The van der Waals surface area contributed by atoms with Crippen LogP contribution in [0.2, 0.25) is 0 Å². The molecule has 1 aliphatic rings. The lowest BCUT2D eigenvalue weighted by atomic mass is 9.79. The maximum Gasteiger partial charge on any atom is 0.222 e. The van der Waals surface area contributed by atoms with Crippen molar-refractivity contribution in [3.63, 3.8) is 0 Å². The molecule has 0 N–H and O–H groups in total. The number of likely N-dealkylation sites (N-methyl/N-ethyl adjacent to an activating group) is 1. The molecule has 0 fully saturated rings. The molecule has 1 heterocycles. The van der Waals surface area contributed by atoms with Crippen molar-refractivity contribution in [1.29, 1.82) is 0 Å². The summed E-state index contributed by atoms with van der Waals surface area (Å²) in [5, 5.41) is 0. The molecule has 1 aromatic rings. The van der Waals surface area contributed by atoms with Crippen molar-refractivity contribution in [2.24, 2.45) is 0 Å². The van der Waals surface area contributed by atoms with E-state index in [4.69, 9.17) is 0 Å². The molecule has 0 radical (unpaired) electrons. The van der Waals surface area contributed by atoms with Crippen molar-refractivity contribution >= 4 is 26.4 Å². The van der Waals surface area contributed by atoms with Crippen LogP contribution < -0.4 is 0 Å². The third-order valence-electron chi connectivity index (χ3n) is 4.14. The smallest absolute Gasteiger partial charge is 0.222 e. The summed E-state index contributed by atoms with van der Waals surface area (Å²) in [6.07, 6.45) is 1.04. The Balaban J connectivity index is 2.64. The highest BCUT2D eigenvalue weighted by Gasteiger charge is 2.27. The van der Waals surface area contributed by atoms with Crippen molar-refractivity contribution in [3.05, 3.63) is 34.4 Å². The van der Waals surface area contributed by atoms with Crippen LogP contribution in [0.3, 0.4) is 0 Å². The lowest BCUT2D eigenvalue weighted by Gasteiger charge is -2.34. The van der Waals surface area contributed by atoms with Crippen LogP contribution in [0.4, 0.5) is 0 Å². The van der Waals surface area contributed by atoms with E-state index < -0.39 is 0 Å². The minimum absolute atomic E-state index is 0.000926. The molecule has 0 saturated heterocycles. The van der Waals surface area contributed by atoms with Gasteiger partial charge in [0.05, 0.1) is 0 Å². The Hall–Kier alpha value is -0.420. The van der Waals surface area contributed by atoms with Gasteiger partial charge in [0.2, 0.25) is 3.79 Å². The second kappa shape index (κ2) is 5.17. The molecular weight excluding hydrogens is 349 g/mol. The van der Waals surface area contributed by atoms with Gasteiger partial charge in [-0.15, -0.1) is 0 Å². The predicted octanol–water partition coefficient (Wildman–Crippen LogP) is 4.11. The zero-order valence-electron chi connectivity index (χ0n) is 12.4. The minimum atomic E-state index is 0.000926. The maximum absolute atomic E-state index is 11.9. The number of benzene rings is 1. The molecule has 1 aliphatic heterocycles. The second-order valence-corrected chi connectivity index (χ2v) is 7.51. The highest BCUT2D eigenvalue weighted by molar-refractivity contribution is 14.1. The summed E-state index contributed by atoms with van der Waals surface area (Å²) in [6.45, 7) is 9.84. The number of hydrogen-bond donors (Lipinski definition) is 0. The third-order valence-corrected chi connectivity index (χ3v) is 4.73. The van der Waals surface area contributed by atoms with Crippen LogP contribution in [-0.4, -0.2) is 22.3 Å². The Morgan fingerprint density at radius 2 is 2.00 bits per heavy atom. The zero-order chi connectivity index (χ0) is 14.4. The van der Waals surface area contributed by atoms with E-state index in [2.05, 4.69) is 51.8 Å². The van der Waals surface area contributed by atoms with Crippen molar-refractivity contribution in [2.75, 3.05) is 13.6 Å². The van der Waals surface area contributed by atoms with E-state index in [9.17, 15) is 4.79 Å². The van der Waals surface area contributed by atoms with Crippen LogP contribution in [0.1, 0.15) is 60.8 Å². The van der Waals surface area contributed by atoms with E-state index in [-0.39, 0.29) is 9.20 Å². The Morgan fingerprint density at radius 3 is 2.53 bits per heavy atom. The van der Waals surface area contributed by atoms with E-state index in [0.717, 1.165) is 18.5 Å². The standard InChI is InChI=1S/C16H22INO/c1-10-12-9-14(16(2,3)4)13(15(17)19)8-11(12)6-7-18(10)5/h8-10H,6-7H2,1-5H3. The second-order valence-electron chi connectivity index (χ2n) is 6.53. The van der Waals surface area contributed by atoms with E-state index >= 15 is 0 Å². The molecule has 2 nitrogen and oxygen atoms in total. The normalized spacial score (nSPS) is 20.2. The predicted molar refractivity (Wildman–Crippen MR) is 88.2 cm³/mol. The quantitative estimate of drug-likeness (QED) is 0.547. The molecule has 0 aromatic heterocycles. The average molecular weight is 371 g/mol. The zero-order valence-corrected chi connectivity index (χ0v) is 14.5. The molecule has 1 unspecified atom stereocenters. The van der Waals surface area contributed by atoms with Gasteiger partial charge in [-0.2, -0.15) is 0 Å². The lowest BCUT2D eigenvalue weighted by Crippen LogP contribution is -2.31. The molecule has 0 bridgehead atoms. The molecule has 19 heavy (non-hydrogen) atoms. The molecule has 0 spiro atoms. The van der Waals surface area contributed by atoms with Gasteiger partial charge < -0.3 is 0 Å². The summed E-state index contributed by atoms with van der Waals surface area (Å²) in [5.74, 6) is 0. The summed E-state index contributed by atoms with van der Waals surface area (Å²) < 4.78 is 0.150. The first kappa shape index (κ1) is 15.0. The van der Waals surface area contributed by atoms with Crippen LogP contribution in [0, 0.1) is 0 Å². The van der Waals surface area contributed by atoms with Gasteiger partial charge in [-0.3, -0.25) is 9.69 Å². The summed E-state index contributed by atoms with van der Waals surface area (Å²) in [6, 6.07) is 4.83. The first-order chi connectivity index (χ1) is 8.71. The Morgan fingerprint density at radius 1 is 1.37 bits per heavy atom. The number of nitrogens with zero attached hydrogens (tertiary/aromatic N) is 1. The van der Waals surface area contributed by atoms with E-state index in [1.165, 1.54) is 16.7 Å². The monoisotopic (exact) mass is 371 g/mol. The van der Waals surface area contributed by atoms with Gasteiger partial charge in [-0.05, 0) is 48.6 Å². The molecule has 0 aliphatic carbocycles. The van der Waals surface area contributed by atoms with E-state index in [1.807, 2.05) is 22.6 Å². The maximum atomic E-state index is 11.9. The minimum Gasteiger partial charge on any atom is -0.299 e. The number of halogens is 1. The van der Waals surface area contributed by atoms with Crippen LogP contribution in [0.15, 0.2) is 12.1 Å². The lowest BCUT2D eigenvalue weighted by molar-refractivity contribution is 0.110. The summed E-state index contributed by atoms with van der Waals surface area (Å²) in [7, 11) is 2.17. The van der Waals surface area contributed by atoms with Gasteiger partial charge in [0.1, 0.15) is 0 Å². The largest absolute Gasteiger partial charge is 0.299 e. The number of fused-ring (bicyclic) bond motifs is 1. The Kier molecular flexibility index (Phi) is 4.07. The van der Waals surface area contributed by atoms with Crippen LogP contribution in [0.25, 0.3) is 0 Å². The van der Waals surface area contributed by atoms with Gasteiger partial charge in [0, 0.05) is 40.7 Å². The fourth-order valence-electron chi connectivity index (χ4n) is 2.78. The molecule has 0 amide bonds. The summed E-state index contributed by atoms with van der Waals surface area (Å²) >= 11 is 1.91. The molecular formula is C16H22INO. The summed E-state index contributed by atoms with van der Waals surface area (Å²) in [5.41, 5.74) is 4.80. The molecule has 104 valence electrons. The fourth-order valence-corrected chi connectivity index (χ4v) is 3.22. The van der Waals surface area contributed by atoms with Crippen LogP contribution >= 0.6 is 22.6 Å². The van der Waals surface area contributed by atoms with Gasteiger partial charge >= 0.3 is 0 Å². The molecule has 0 saturated carbocycles. The fraction of sp³-hybridized carbons (Fsp3) is 0.562. The molecule has 1 aromatic carbocycles. The molecule has 3 heteroatoms. The molecule has 1 atom stereocenters. The van der Waals surface area contributed by atoms with Crippen LogP contribution in [-0.2, 0) is 11.8 Å². The average Bonchev–Trinajstić information content (AvgIpc) is 2.31. The summed E-state index contributed by atoms with van der Waals surface area (Å²) in [4.78, 5) is 14.3. The SMILES string of the molecule is CC1c2cc(C(C)(C)C)c(C(=O)I)cc2CCN1C. The highest BCUT2D eigenvalue weighted by atomic mass is 127. The first-order valence-electron chi connectivity index (χ1n) is 6.79. The van der Waals surface area contributed by atoms with Gasteiger partial charge in [-0.25, -0.2) is 0 Å². The highest BCUT2D eigenvalue weighted by Crippen LogP contribution is 2.35. The number of carbonyl (C=O) groups excluding carboxylic acids is 1. The van der Waals surface area contributed by atoms with Crippen molar-refractivity contribution < 1.29 is 4.79 Å². The van der Waals surface area contributed by atoms with Crippen molar-refractivity contribution in [2.45, 2.75) is 45.6 Å².